The lowest BCUT2D eigenvalue weighted by molar-refractivity contribution is -0.140. The van der Waals surface area contributed by atoms with E-state index in [-0.39, 0.29) is 38.8 Å². The molecule has 1 heterocycles. The number of amides is 7. The third-order valence-electron chi connectivity index (χ3n) is 10.7. The van der Waals surface area contributed by atoms with E-state index in [2.05, 4.69) is 31.9 Å². The number of aliphatic carboxylic acids is 1. The summed E-state index contributed by atoms with van der Waals surface area (Å²) in [6.07, 6.45) is 2.67. The number of nitrogens with zero attached hydrogens (tertiary/aromatic N) is 1. The second kappa shape index (κ2) is 24.0. The topological polar surface area (TPSA) is 215 Å². The van der Waals surface area contributed by atoms with Gasteiger partial charge in [0.05, 0.1) is 6.54 Å². The van der Waals surface area contributed by atoms with Gasteiger partial charge in [0.25, 0.3) is 0 Å². The molecule has 0 aromatic heterocycles. The monoisotopic (exact) mass is 825 g/mol. The SMILES string of the molecule is CCC(C)C1NC(=O)C(NC(=O)NC(Cc2ccccc2)C(=O)O)CCCCNC(=O)C(CCc2ccccc2)NC(=O)CN(C)C(=O)C(CCc2ccccc2)NC1=O. The number of hydrogen-bond acceptors (Lipinski definition) is 7. The van der Waals surface area contributed by atoms with Gasteiger partial charge in [-0.25, -0.2) is 9.59 Å². The number of carbonyl (C=O) groups excluding carboxylic acids is 6. The van der Waals surface area contributed by atoms with E-state index in [1.807, 2.05) is 67.6 Å². The Bertz CT molecular complexity index is 1880. The van der Waals surface area contributed by atoms with Crippen LogP contribution in [0.2, 0.25) is 0 Å². The number of carbonyl (C=O) groups is 7. The summed E-state index contributed by atoms with van der Waals surface area (Å²) in [6.45, 7) is 3.45. The summed E-state index contributed by atoms with van der Waals surface area (Å²) in [5, 5.41) is 26.3. The van der Waals surface area contributed by atoms with Crippen molar-refractivity contribution in [3.63, 3.8) is 0 Å². The zero-order valence-electron chi connectivity index (χ0n) is 34.7. The van der Waals surface area contributed by atoms with Gasteiger partial charge in [0, 0.05) is 20.0 Å². The van der Waals surface area contributed by atoms with Gasteiger partial charge in [-0.05, 0) is 67.6 Å². The number of benzene rings is 3. The molecule has 6 atom stereocenters. The van der Waals surface area contributed by atoms with Crippen molar-refractivity contribution in [2.24, 2.45) is 5.92 Å². The van der Waals surface area contributed by atoms with E-state index in [0.29, 0.717) is 37.7 Å². The van der Waals surface area contributed by atoms with Gasteiger partial charge in [-0.15, -0.1) is 0 Å². The van der Waals surface area contributed by atoms with E-state index >= 15 is 0 Å². The van der Waals surface area contributed by atoms with E-state index in [1.54, 1.807) is 37.3 Å². The molecule has 0 radical (unpaired) electrons. The lowest BCUT2D eigenvalue weighted by atomic mass is 9.96. The summed E-state index contributed by atoms with van der Waals surface area (Å²) in [6, 6.07) is 21.2. The van der Waals surface area contributed by atoms with Gasteiger partial charge < -0.3 is 41.9 Å². The predicted octanol–water partition coefficient (Wildman–Crippen LogP) is 2.87. The van der Waals surface area contributed by atoms with Crippen molar-refractivity contribution in [3.05, 3.63) is 108 Å². The number of rotatable bonds is 13. The lowest BCUT2D eigenvalue weighted by Gasteiger charge is -2.30. The number of carboxylic acids is 1. The van der Waals surface area contributed by atoms with Crippen LogP contribution in [0.5, 0.6) is 0 Å². The van der Waals surface area contributed by atoms with Crippen molar-refractivity contribution in [3.8, 4) is 0 Å². The van der Waals surface area contributed by atoms with Gasteiger partial charge in [0.1, 0.15) is 30.2 Å². The number of nitrogens with one attached hydrogen (secondary N) is 6. The molecule has 3 aromatic rings. The molecule has 3 aromatic carbocycles. The molecule has 0 bridgehead atoms. The van der Waals surface area contributed by atoms with E-state index in [0.717, 1.165) is 11.1 Å². The zero-order chi connectivity index (χ0) is 43.4. The lowest BCUT2D eigenvalue weighted by Crippen LogP contribution is -2.60. The van der Waals surface area contributed by atoms with Crippen LogP contribution in [0.1, 0.15) is 69.1 Å². The molecule has 6 unspecified atom stereocenters. The predicted molar refractivity (Wildman–Crippen MR) is 226 cm³/mol. The number of carboxylic acid groups (broad SMARTS) is 1. The van der Waals surface area contributed by atoms with Crippen molar-refractivity contribution < 1.29 is 38.7 Å². The van der Waals surface area contributed by atoms with Crippen LogP contribution in [0.4, 0.5) is 4.79 Å². The molecule has 1 saturated heterocycles. The maximum absolute atomic E-state index is 14.1. The van der Waals surface area contributed by atoms with Crippen LogP contribution in [-0.2, 0) is 48.0 Å². The Morgan fingerprint density at radius 2 is 1.32 bits per heavy atom. The minimum absolute atomic E-state index is 0.00254. The molecule has 322 valence electrons. The molecule has 7 N–H and O–H groups in total. The minimum Gasteiger partial charge on any atom is -0.480 e. The summed E-state index contributed by atoms with van der Waals surface area (Å²) in [4.78, 5) is 95.9. The standard InChI is InChI=1S/C45H59N7O8/c1-4-30(2)39-42(56)48-36(26-24-32-18-10-6-11-19-32)43(57)52(3)29-38(53)47-35(25-23-31-16-8-5-9-17-31)40(54)46-27-15-14-22-34(41(55)51-39)49-45(60)50-37(44(58)59)28-33-20-12-7-13-21-33/h5-13,16-21,30,34-37,39H,4,14-15,22-29H2,1-3H3,(H,46,54)(H,47,53)(H,48,56)(H,51,55)(H,58,59)(H2,49,50,60). The highest BCUT2D eigenvalue weighted by atomic mass is 16.4. The molecule has 0 saturated carbocycles. The van der Waals surface area contributed by atoms with Crippen molar-refractivity contribution in [1.29, 1.82) is 0 Å². The maximum Gasteiger partial charge on any atom is 0.326 e. The van der Waals surface area contributed by atoms with E-state index in [1.165, 1.54) is 11.9 Å². The Morgan fingerprint density at radius 3 is 1.88 bits per heavy atom. The van der Waals surface area contributed by atoms with Crippen LogP contribution in [0, 0.1) is 5.92 Å². The highest BCUT2D eigenvalue weighted by molar-refractivity contribution is 5.96. The molecule has 60 heavy (non-hydrogen) atoms. The van der Waals surface area contributed by atoms with Gasteiger partial charge >= 0.3 is 12.0 Å². The van der Waals surface area contributed by atoms with Crippen LogP contribution in [0.15, 0.2) is 91.0 Å². The molecule has 1 aliphatic rings. The van der Waals surface area contributed by atoms with E-state index in [4.69, 9.17) is 0 Å². The first-order valence-electron chi connectivity index (χ1n) is 20.7. The number of urea groups is 1. The summed E-state index contributed by atoms with van der Waals surface area (Å²) in [7, 11) is 1.45. The molecule has 1 fully saturated rings. The van der Waals surface area contributed by atoms with Crippen LogP contribution in [-0.4, -0.2) is 102 Å². The molecule has 15 nitrogen and oxygen atoms in total. The maximum atomic E-state index is 14.1. The third-order valence-corrected chi connectivity index (χ3v) is 10.7. The summed E-state index contributed by atoms with van der Waals surface area (Å²) in [5.74, 6) is -4.46. The van der Waals surface area contributed by atoms with Crippen LogP contribution in [0.25, 0.3) is 0 Å². The Kier molecular flexibility index (Phi) is 18.6. The van der Waals surface area contributed by atoms with Gasteiger partial charge in [-0.3, -0.25) is 24.0 Å². The molecule has 0 spiro atoms. The van der Waals surface area contributed by atoms with Crippen molar-refractivity contribution in [1.82, 2.24) is 36.8 Å². The van der Waals surface area contributed by atoms with Crippen LogP contribution >= 0.6 is 0 Å². The van der Waals surface area contributed by atoms with Crippen LogP contribution < -0.4 is 31.9 Å². The van der Waals surface area contributed by atoms with Crippen molar-refractivity contribution in [2.45, 2.75) is 102 Å². The highest BCUT2D eigenvalue weighted by Crippen LogP contribution is 2.14. The van der Waals surface area contributed by atoms with Crippen LogP contribution in [0.3, 0.4) is 0 Å². The quantitative estimate of drug-likeness (QED) is 0.136. The Morgan fingerprint density at radius 1 is 0.750 bits per heavy atom. The molecule has 1 aliphatic heterocycles. The first-order chi connectivity index (χ1) is 28.8. The normalized spacial score (nSPS) is 21.1. The first kappa shape index (κ1) is 46.4. The minimum atomic E-state index is -1.30. The summed E-state index contributed by atoms with van der Waals surface area (Å²) in [5.41, 5.74) is 2.59. The largest absolute Gasteiger partial charge is 0.480 e. The fourth-order valence-electron chi connectivity index (χ4n) is 6.94. The fraction of sp³-hybridized carbons (Fsp3) is 0.444. The molecule has 0 aliphatic carbocycles. The van der Waals surface area contributed by atoms with Crippen molar-refractivity contribution >= 4 is 41.5 Å². The molecule has 7 amide bonds. The van der Waals surface area contributed by atoms with Gasteiger partial charge in [-0.2, -0.15) is 0 Å². The van der Waals surface area contributed by atoms with Gasteiger partial charge in [0.15, 0.2) is 0 Å². The van der Waals surface area contributed by atoms with Gasteiger partial charge in [-0.1, -0.05) is 111 Å². The fourth-order valence-corrected chi connectivity index (χ4v) is 6.94. The number of hydrogen-bond donors (Lipinski definition) is 7. The molecular formula is C45H59N7O8. The second-order valence-electron chi connectivity index (χ2n) is 15.3. The zero-order valence-corrected chi connectivity index (χ0v) is 34.7. The number of aryl methyl sites for hydroxylation is 2. The third kappa shape index (κ3) is 15.2. The average molecular weight is 826 g/mol. The molecule has 15 heteroatoms. The summed E-state index contributed by atoms with van der Waals surface area (Å²) < 4.78 is 0. The molecule has 4 rings (SSSR count). The Hall–Kier alpha value is -6.25. The van der Waals surface area contributed by atoms with E-state index in [9.17, 15) is 38.7 Å². The van der Waals surface area contributed by atoms with Crippen molar-refractivity contribution in [2.75, 3.05) is 20.1 Å². The molecular weight excluding hydrogens is 767 g/mol. The second-order valence-corrected chi connectivity index (χ2v) is 15.3. The Labute approximate surface area is 351 Å². The smallest absolute Gasteiger partial charge is 0.326 e. The highest BCUT2D eigenvalue weighted by Gasteiger charge is 2.34. The number of likely N-dealkylation sites (N-methyl/N-ethyl adjacent to an activating group) is 1. The first-order valence-corrected chi connectivity index (χ1v) is 20.7. The van der Waals surface area contributed by atoms with E-state index < -0.39 is 77.7 Å². The Balaban J connectivity index is 1.61. The average Bonchev–Trinajstić information content (AvgIpc) is 3.24. The summed E-state index contributed by atoms with van der Waals surface area (Å²) >= 11 is 0. The van der Waals surface area contributed by atoms with Gasteiger partial charge in [0.2, 0.25) is 29.5 Å².